The molecule has 0 spiro atoms. The standard InChI is InChI=1S/C17H11ClF3N5O3/c18-10-1-3-11(4-2-10)22-16(27)23-15-9-14(17(19,20)21)24-25(15)12-5-7-13(8-6-12)26(28)29/h1-9H,(H2,22,23,27). The Balaban J connectivity index is 1.90. The molecular formula is C17H11ClF3N5O3. The summed E-state index contributed by atoms with van der Waals surface area (Å²) in [4.78, 5) is 22.3. The second kappa shape index (κ2) is 7.80. The number of nitrogens with one attached hydrogen (secondary N) is 2. The predicted molar refractivity (Wildman–Crippen MR) is 99.3 cm³/mol. The van der Waals surface area contributed by atoms with Gasteiger partial charge in [-0.15, -0.1) is 0 Å². The Bertz CT molecular complexity index is 1050. The third kappa shape index (κ3) is 4.82. The lowest BCUT2D eigenvalue weighted by Gasteiger charge is -2.10. The Morgan fingerprint density at radius 2 is 1.69 bits per heavy atom. The fourth-order valence-electron chi connectivity index (χ4n) is 2.33. The van der Waals surface area contributed by atoms with Crippen LogP contribution in [0.2, 0.25) is 5.02 Å². The Morgan fingerprint density at radius 3 is 2.24 bits per heavy atom. The van der Waals surface area contributed by atoms with Gasteiger partial charge in [0.05, 0.1) is 10.6 Å². The number of rotatable bonds is 4. The van der Waals surface area contributed by atoms with Crippen molar-refractivity contribution in [3.05, 3.63) is 75.4 Å². The van der Waals surface area contributed by atoms with Crippen LogP contribution in [0.15, 0.2) is 54.6 Å². The average Bonchev–Trinajstić information content (AvgIpc) is 3.08. The fourth-order valence-corrected chi connectivity index (χ4v) is 2.46. The molecule has 8 nitrogen and oxygen atoms in total. The van der Waals surface area contributed by atoms with E-state index in [1.54, 1.807) is 0 Å². The van der Waals surface area contributed by atoms with Crippen LogP contribution in [0.1, 0.15) is 5.69 Å². The number of halogens is 4. The highest BCUT2D eigenvalue weighted by molar-refractivity contribution is 6.30. The van der Waals surface area contributed by atoms with Crippen LogP contribution >= 0.6 is 11.6 Å². The van der Waals surface area contributed by atoms with E-state index in [4.69, 9.17) is 11.6 Å². The molecule has 2 amide bonds. The van der Waals surface area contributed by atoms with E-state index in [1.165, 1.54) is 36.4 Å². The number of hydrogen-bond donors (Lipinski definition) is 2. The van der Waals surface area contributed by atoms with Crippen molar-refractivity contribution >= 4 is 34.8 Å². The maximum atomic E-state index is 13.1. The summed E-state index contributed by atoms with van der Waals surface area (Å²) in [7, 11) is 0. The van der Waals surface area contributed by atoms with Crippen molar-refractivity contribution < 1.29 is 22.9 Å². The van der Waals surface area contributed by atoms with E-state index in [9.17, 15) is 28.1 Å². The summed E-state index contributed by atoms with van der Waals surface area (Å²) >= 11 is 5.75. The van der Waals surface area contributed by atoms with Gasteiger partial charge in [0.15, 0.2) is 5.69 Å². The average molecular weight is 426 g/mol. The zero-order chi connectivity index (χ0) is 21.2. The van der Waals surface area contributed by atoms with Gasteiger partial charge in [-0.25, -0.2) is 9.48 Å². The second-order valence-electron chi connectivity index (χ2n) is 5.68. The topological polar surface area (TPSA) is 102 Å². The van der Waals surface area contributed by atoms with Crippen LogP contribution < -0.4 is 10.6 Å². The summed E-state index contributed by atoms with van der Waals surface area (Å²) in [5.41, 5.74) is -1.03. The van der Waals surface area contributed by atoms with E-state index in [-0.39, 0.29) is 17.2 Å². The van der Waals surface area contributed by atoms with Crippen LogP contribution in [0.25, 0.3) is 5.69 Å². The van der Waals surface area contributed by atoms with Gasteiger partial charge in [-0.3, -0.25) is 15.4 Å². The normalized spacial score (nSPS) is 11.2. The number of nitro benzene ring substituents is 1. The molecule has 0 radical (unpaired) electrons. The molecule has 12 heteroatoms. The molecule has 0 saturated carbocycles. The number of hydrogen-bond acceptors (Lipinski definition) is 4. The van der Waals surface area contributed by atoms with Crippen molar-refractivity contribution in [1.82, 2.24) is 9.78 Å². The number of carbonyl (C=O) groups is 1. The highest BCUT2D eigenvalue weighted by Gasteiger charge is 2.35. The molecule has 2 N–H and O–H groups in total. The maximum Gasteiger partial charge on any atom is 0.435 e. The first-order valence-corrected chi connectivity index (χ1v) is 8.27. The molecule has 3 aromatic rings. The summed E-state index contributed by atoms with van der Waals surface area (Å²) in [6.07, 6.45) is -4.75. The molecule has 0 saturated heterocycles. The lowest BCUT2D eigenvalue weighted by atomic mass is 10.3. The minimum Gasteiger partial charge on any atom is -0.308 e. The predicted octanol–water partition coefficient (Wildman–Crippen LogP) is 5.10. The molecule has 0 atom stereocenters. The van der Waals surface area contributed by atoms with Crippen LogP contribution in [-0.4, -0.2) is 20.7 Å². The number of aromatic nitrogens is 2. The van der Waals surface area contributed by atoms with Gasteiger partial charge in [0.25, 0.3) is 5.69 Å². The van der Waals surface area contributed by atoms with Crippen LogP contribution in [0, 0.1) is 10.1 Å². The van der Waals surface area contributed by atoms with Crippen LogP contribution in [0.5, 0.6) is 0 Å². The number of amides is 2. The van der Waals surface area contributed by atoms with Gasteiger partial charge in [-0.2, -0.15) is 18.3 Å². The third-order valence-electron chi connectivity index (χ3n) is 3.65. The number of benzene rings is 2. The maximum absolute atomic E-state index is 13.1. The number of carbonyl (C=O) groups excluding carboxylic acids is 1. The van der Waals surface area contributed by atoms with Gasteiger partial charge in [0, 0.05) is 28.9 Å². The van der Waals surface area contributed by atoms with Crippen molar-refractivity contribution in [2.45, 2.75) is 6.18 Å². The van der Waals surface area contributed by atoms with E-state index >= 15 is 0 Å². The van der Waals surface area contributed by atoms with E-state index in [0.717, 1.165) is 16.8 Å². The highest BCUT2D eigenvalue weighted by atomic mass is 35.5. The van der Waals surface area contributed by atoms with E-state index < -0.39 is 22.8 Å². The molecular weight excluding hydrogens is 415 g/mol. The largest absolute Gasteiger partial charge is 0.435 e. The molecule has 0 unspecified atom stereocenters. The Labute approximate surface area is 166 Å². The van der Waals surface area contributed by atoms with E-state index in [1.807, 2.05) is 0 Å². The molecule has 0 aliphatic heterocycles. The van der Waals surface area contributed by atoms with Crippen molar-refractivity contribution in [2.75, 3.05) is 10.6 Å². The number of urea groups is 1. The van der Waals surface area contributed by atoms with Gasteiger partial charge >= 0.3 is 12.2 Å². The number of alkyl halides is 3. The van der Waals surface area contributed by atoms with Crippen molar-refractivity contribution in [3.8, 4) is 5.69 Å². The Kier molecular flexibility index (Phi) is 5.41. The van der Waals surface area contributed by atoms with Crippen molar-refractivity contribution in [2.24, 2.45) is 0 Å². The number of non-ortho nitro benzene ring substituents is 1. The number of nitrogens with zero attached hydrogens (tertiary/aromatic N) is 3. The molecule has 0 fully saturated rings. The first-order valence-electron chi connectivity index (χ1n) is 7.89. The SMILES string of the molecule is O=C(Nc1ccc(Cl)cc1)Nc1cc(C(F)(F)F)nn1-c1ccc([N+](=O)[O-])cc1. The van der Waals surface area contributed by atoms with Crippen LogP contribution in [0.4, 0.5) is 35.2 Å². The van der Waals surface area contributed by atoms with Crippen LogP contribution in [-0.2, 0) is 6.18 Å². The first-order chi connectivity index (χ1) is 13.6. The summed E-state index contributed by atoms with van der Waals surface area (Å²) < 4.78 is 40.1. The zero-order valence-corrected chi connectivity index (χ0v) is 15.0. The summed E-state index contributed by atoms with van der Waals surface area (Å²) in [6.45, 7) is 0. The first kappa shape index (κ1) is 20.1. The van der Waals surface area contributed by atoms with E-state index in [0.29, 0.717) is 16.8 Å². The third-order valence-corrected chi connectivity index (χ3v) is 3.90. The molecule has 150 valence electrons. The summed E-state index contributed by atoms with van der Waals surface area (Å²) in [6, 6.07) is 10.6. The van der Waals surface area contributed by atoms with Gasteiger partial charge in [0.1, 0.15) is 5.82 Å². The van der Waals surface area contributed by atoms with Gasteiger partial charge < -0.3 is 5.32 Å². The molecule has 0 aliphatic carbocycles. The quantitative estimate of drug-likeness (QED) is 0.448. The lowest BCUT2D eigenvalue weighted by Crippen LogP contribution is -2.21. The van der Waals surface area contributed by atoms with Gasteiger partial charge in [-0.1, -0.05) is 11.6 Å². The second-order valence-corrected chi connectivity index (χ2v) is 6.12. The summed E-state index contributed by atoms with van der Waals surface area (Å²) in [5.74, 6) is -0.280. The minimum atomic E-state index is -4.75. The Hall–Kier alpha value is -3.60. The lowest BCUT2D eigenvalue weighted by molar-refractivity contribution is -0.384. The summed E-state index contributed by atoms with van der Waals surface area (Å²) in [5, 5.41) is 19.4. The molecule has 3 rings (SSSR count). The molecule has 0 bridgehead atoms. The van der Waals surface area contributed by atoms with Crippen LogP contribution in [0.3, 0.4) is 0 Å². The number of anilines is 2. The minimum absolute atomic E-state index is 0.0906. The Morgan fingerprint density at radius 1 is 1.07 bits per heavy atom. The zero-order valence-electron chi connectivity index (χ0n) is 14.3. The molecule has 2 aromatic carbocycles. The molecule has 29 heavy (non-hydrogen) atoms. The highest BCUT2D eigenvalue weighted by Crippen LogP contribution is 2.31. The molecule has 1 aromatic heterocycles. The van der Waals surface area contributed by atoms with Gasteiger partial charge in [0.2, 0.25) is 0 Å². The molecule has 1 heterocycles. The number of nitro groups is 1. The fraction of sp³-hybridized carbons (Fsp3) is 0.0588. The smallest absolute Gasteiger partial charge is 0.308 e. The van der Waals surface area contributed by atoms with Crippen molar-refractivity contribution in [1.29, 1.82) is 0 Å². The van der Waals surface area contributed by atoms with E-state index in [2.05, 4.69) is 15.7 Å². The van der Waals surface area contributed by atoms with Gasteiger partial charge in [-0.05, 0) is 36.4 Å². The van der Waals surface area contributed by atoms with Crippen molar-refractivity contribution in [3.63, 3.8) is 0 Å². The molecule has 0 aliphatic rings. The monoisotopic (exact) mass is 425 g/mol.